The van der Waals surface area contributed by atoms with Crippen LogP contribution in [-0.2, 0) is 16.8 Å². The van der Waals surface area contributed by atoms with Gasteiger partial charge in [0.15, 0.2) is 0 Å². The minimum Gasteiger partial charge on any atom is -0.496 e. The van der Waals surface area contributed by atoms with Crippen molar-refractivity contribution in [1.82, 2.24) is 9.78 Å². The monoisotopic (exact) mass is 335 g/mol. The first-order valence-electron chi connectivity index (χ1n) is 7.72. The van der Waals surface area contributed by atoms with Gasteiger partial charge >= 0.3 is 0 Å². The highest BCUT2D eigenvalue weighted by Crippen LogP contribution is 2.50. The summed E-state index contributed by atoms with van der Waals surface area (Å²) in [4.78, 5) is 12.7. The molecule has 0 unspecified atom stereocenters. The van der Waals surface area contributed by atoms with Crippen LogP contribution in [0.5, 0.6) is 5.75 Å². The van der Waals surface area contributed by atoms with E-state index in [9.17, 15) is 13.6 Å². The van der Waals surface area contributed by atoms with E-state index in [1.807, 2.05) is 25.1 Å². The van der Waals surface area contributed by atoms with Gasteiger partial charge in [0.25, 0.3) is 6.43 Å². The Morgan fingerprint density at radius 1 is 1.46 bits per heavy atom. The summed E-state index contributed by atoms with van der Waals surface area (Å²) in [5.74, 6) is 0.598. The highest BCUT2D eigenvalue weighted by molar-refractivity contribution is 6.01. The number of methoxy groups -OCH3 is 1. The molecule has 3 rings (SSSR count). The van der Waals surface area contributed by atoms with E-state index in [0.717, 1.165) is 34.4 Å². The first-order valence-corrected chi connectivity index (χ1v) is 7.72. The molecule has 0 saturated heterocycles. The lowest BCUT2D eigenvalue weighted by atomic mass is 9.93. The van der Waals surface area contributed by atoms with Gasteiger partial charge in [0.1, 0.15) is 12.3 Å². The molecule has 24 heavy (non-hydrogen) atoms. The Morgan fingerprint density at radius 2 is 2.21 bits per heavy atom. The van der Waals surface area contributed by atoms with Gasteiger partial charge in [-0.3, -0.25) is 9.48 Å². The van der Waals surface area contributed by atoms with Crippen molar-refractivity contribution in [2.24, 2.45) is 0 Å². The largest absolute Gasteiger partial charge is 0.496 e. The highest BCUT2D eigenvalue weighted by Gasteiger charge is 2.51. The number of halogens is 2. The fraction of sp³-hybridized carbons (Fsp3) is 0.412. The Balaban J connectivity index is 1.76. The topological polar surface area (TPSA) is 56.1 Å². The maximum atomic E-state index is 12.7. The number of rotatable bonds is 6. The first-order chi connectivity index (χ1) is 11.4. The molecule has 0 bridgehead atoms. The van der Waals surface area contributed by atoms with Gasteiger partial charge in [-0.15, -0.1) is 0 Å². The second-order valence-electron chi connectivity index (χ2n) is 6.06. The number of amides is 1. The number of nitrogens with zero attached hydrogens (tertiary/aromatic N) is 2. The number of ether oxygens (including phenoxy) is 1. The lowest BCUT2D eigenvalue weighted by Gasteiger charge is -2.17. The molecular formula is C17H19F2N3O2. The third-order valence-corrected chi connectivity index (χ3v) is 4.36. The van der Waals surface area contributed by atoms with Crippen molar-refractivity contribution in [1.29, 1.82) is 0 Å². The molecular weight excluding hydrogens is 316 g/mol. The average molecular weight is 335 g/mol. The molecule has 1 aliphatic carbocycles. The summed E-state index contributed by atoms with van der Waals surface area (Å²) in [5.41, 5.74) is 1.75. The maximum Gasteiger partial charge on any atom is 0.257 e. The van der Waals surface area contributed by atoms with E-state index in [0.29, 0.717) is 5.69 Å². The summed E-state index contributed by atoms with van der Waals surface area (Å²) >= 11 is 0. The Kier molecular flexibility index (Phi) is 4.26. The number of alkyl halides is 2. The van der Waals surface area contributed by atoms with E-state index < -0.39 is 18.4 Å². The molecule has 0 spiro atoms. The molecule has 1 saturated carbocycles. The lowest BCUT2D eigenvalue weighted by molar-refractivity contribution is -0.118. The number of nitrogens with one attached hydrogen (secondary N) is 1. The van der Waals surface area contributed by atoms with Crippen LogP contribution in [0.4, 0.5) is 14.5 Å². The number of aryl methyl sites for hydroxylation is 1. The van der Waals surface area contributed by atoms with Crippen LogP contribution >= 0.6 is 0 Å². The molecule has 7 heteroatoms. The number of carbonyl (C=O) groups is 1. The summed E-state index contributed by atoms with van der Waals surface area (Å²) in [6, 6.07) is 5.76. The quantitative estimate of drug-likeness (QED) is 0.882. The van der Waals surface area contributed by atoms with E-state index >= 15 is 0 Å². The van der Waals surface area contributed by atoms with Crippen LogP contribution in [0.1, 0.15) is 24.0 Å². The molecule has 1 fully saturated rings. The van der Waals surface area contributed by atoms with Crippen molar-refractivity contribution in [3.05, 3.63) is 41.7 Å². The van der Waals surface area contributed by atoms with Crippen molar-refractivity contribution >= 4 is 11.6 Å². The molecule has 1 aromatic heterocycles. The normalized spacial score (nSPS) is 15.4. The zero-order valence-corrected chi connectivity index (χ0v) is 13.6. The highest BCUT2D eigenvalue weighted by atomic mass is 19.3. The standard InChI is InChI=1S/C17H19F2N3O2/c1-11-3-4-12(7-14(11)24-2)17(5-6-17)16(23)21-13-8-20-22(9-13)10-15(18)19/h3-4,7-9,15H,5-6,10H2,1-2H3,(H,21,23). The summed E-state index contributed by atoms with van der Waals surface area (Å²) in [6.45, 7) is 1.45. The van der Waals surface area contributed by atoms with Crippen LogP contribution in [0.2, 0.25) is 0 Å². The number of benzene rings is 1. The lowest BCUT2D eigenvalue weighted by Crippen LogP contribution is -2.27. The molecule has 0 atom stereocenters. The molecule has 128 valence electrons. The van der Waals surface area contributed by atoms with Crippen LogP contribution < -0.4 is 10.1 Å². The predicted octanol–water partition coefficient (Wildman–Crippen LogP) is 3.14. The van der Waals surface area contributed by atoms with Crippen LogP contribution in [0.3, 0.4) is 0 Å². The van der Waals surface area contributed by atoms with Crippen LogP contribution in [-0.4, -0.2) is 29.2 Å². The Hall–Kier alpha value is -2.44. The summed E-state index contributed by atoms with van der Waals surface area (Å²) in [7, 11) is 1.60. The van der Waals surface area contributed by atoms with Crippen molar-refractivity contribution in [2.45, 2.75) is 38.2 Å². The van der Waals surface area contributed by atoms with Crippen molar-refractivity contribution in [3.8, 4) is 5.75 Å². The molecule has 0 aliphatic heterocycles. The van der Waals surface area contributed by atoms with Gasteiger partial charge in [0.2, 0.25) is 5.91 Å². The number of hydrogen-bond donors (Lipinski definition) is 1. The summed E-state index contributed by atoms with van der Waals surface area (Å²) < 4.78 is 31.2. The number of carbonyl (C=O) groups excluding carboxylic acids is 1. The molecule has 2 aromatic rings. The maximum absolute atomic E-state index is 12.7. The second-order valence-corrected chi connectivity index (χ2v) is 6.06. The zero-order chi connectivity index (χ0) is 17.3. The van der Waals surface area contributed by atoms with E-state index in [-0.39, 0.29) is 5.91 Å². The van der Waals surface area contributed by atoms with Crippen LogP contribution in [0.15, 0.2) is 30.6 Å². The van der Waals surface area contributed by atoms with E-state index in [1.54, 1.807) is 7.11 Å². The van der Waals surface area contributed by atoms with Crippen LogP contribution in [0.25, 0.3) is 0 Å². The Bertz CT molecular complexity index is 754. The van der Waals surface area contributed by atoms with Gasteiger partial charge < -0.3 is 10.1 Å². The zero-order valence-electron chi connectivity index (χ0n) is 13.6. The van der Waals surface area contributed by atoms with Gasteiger partial charge in [0, 0.05) is 6.20 Å². The van der Waals surface area contributed by atoms with Gasteiger partial charge in [-0.05, 0) is 37.0 Å². The number of hydrogen-bond acceptors (Lipinski definition) is 3. The molecule has 5 nitrogen and oxygen atoms in total. The average Bonchev–Trinajstić information content (AvgIpc) is 3.24. The number of anilines is 1. The predicted molar refractivity (Wildman–Crippen MR) is 85.5 cm³/mol. The van der Waals surface area contributed by atoms with Gasteiger partial charge in [-0.1, -0.05) is 12.1 Å². The third-order valence-electron chi connectivity index (χ3n) is 4.36. The van der Waals surface area contributed by atoms with Crippen LogP contribution in [0, 0.1) is 6.92 Å². The molecule has 1 heterocycles. The fourth-order valence-electron chi connectivity index (χ4n) is 2.81. The molecule has 1 aliphatic rings. The fourth-order valence-corrected chi connectivity index (χ4v) is 2.81. The van der Waals surface area contributed by atoms with Crippen molar-refractivity contribution in [3.63, 3.8) is 0 Å². The molecule has 1 N–H and O–H groups in total. The van der Waals surface area contributed by atoms with E-state index in [2.05, 4.69) is 10.4 Å². The summed E-state index contributed by atoms with van der Waals surface area (Å²) in [6.07, 6.45) is 1.80. The Morgan fingerprint density at radius 3 is 2.83 bits per heavy atom. The van der Waals surface area contributed by atoms with Crippen molar-refractivity contribution in [2.75, 3.05) is 12.4 Å². The molecule has 1 aromatic carbocycles. The minimum absolute atomic E-state index is 0.148. The molecule has 1 amide bonds. The second kappa shape index (κ2) is 6.22. The van der Waals surface area contributed by atoms with E-state index in [4.69, 9.17) is 4.74 Å². The summed E-state index contributed by atoms with van der Waals surface area (Å²) in [5, 5.41) is 6.61. The van der Waals surface area contributed by atoms with Gasteiger partial charge in [0.05, 0.1) is 24.4 Å². The number of aromatic nitrogens is 2. The first kappa shape index (κ1) is 16.4. The minimum atomic E-state index is -2.48. The SMILES string of the molecule is COc1cc(C2(C(=O)Nc3cnn(CC(F)F)c3)CC2)ccc1C. The third kappa shape index (κ3) is 3.11. The van der Waals surface area contributed by atoms with Gasteiger partial charge in [-0.25, -0.2) is 8.78 Å². The van der Waals surface area contributed by atoms with Crippen molar-refractivity contribution < 1.29 is 18.3 Å². The van der Waals surface area contributed by atoms with Gasteiger partial charge in [-0.2, -0.15) is 5.10 Å². The molecule has 0 radical (unpaired) electrons. The smallest absolute Gasteiger partial charge is 0.257 e. The Labute approximate surface area is 138 Å². The van der Waals surface area contributed by atoms with E-state index in [1.165, 1.54) is 12.4 Å².